The zero-order valence-corrected chi connectivity index (χ0v) is 14.8. The minimum atomic E-state index is 0.0631. The van der Waals surface area contributed by atoms with Crippen LogP contribution in [0, 0.1) is 0 Å². The summed E-state index contributed by atoms with van der Waals surface area (Å²) in [7, 11) is 0. The second kappa shape index (κ2) is 6.54. The van der Waals surface area contributed by atoms with E-state index >= 15 is 0 Å². The highest BCUT2D eigenvalue weighted by atomic mass is 16.2. The van der Waals surface area contributed by atoms with Crippen LogP contribution in [-0.2, 0) is 11.8 Å². The van der Waals surface area contributed by atoms with Crippen LogP contribution in [0.1, 0.15) is 43.4 Å². The molecule has 0 saturated carbocycles. The zero-order chi connectivity index (χ0) is 17.3. The second-order valence-electron chi connectivity index (χ2n) is 7.47. The summed E-state index contributed by atoms with van der Waals surface area (Å²) in [5, 5.41) is 3.08. The normalized spacial score (nSPS) is 19.6. The molecule has 0 radical (unpaired) electrons. The summed E-state index contributed by atoms with van der Waals surface area (Å²) in [5.41, 5.74) is 3.34. The molecular formula is C20H26N4O. The third-order valence-corrected chi connectivity index (χ3v) is 6.05. The number of amides is 2. The van der Waals surface area contributed by atoms with Crippen LogP contribution < -0.4 is 5.32 Å². The molecule has 2 aromatic rings. The highest BCUT2D eigenvalue weighted by molar-refractivity contribution is 5.74. The van der Waals surface area contributed by atoms with Gasteiger partial charge in [0.25, 0.3) is 0 Å². The molecule has 132 valence electrons. The van der Waals surface area contributed by atoms with Gasteiger partial charge in [0, 0.05) is 38.1 Å². The standard InChI is InChI=1S/C20H26N4O/c1-16(24-13-10-21-15-24)14-22-19(25)23-11-8-20(9-12-23)7-6-17-4-2-3-5-18(17)20/h2-5,10,13,15-16H,6-9,11-12,14H2,1H3,(H,22,25)/t16-/m1/s1. The zero-order valence-electron chi connectivity index (χ0n) is 14.8. The third kappa shape index (κ3) is 3.03. The summed E-state index contributed by atoms with van der Waals surface area (Å²) in [6.07, 6.45) is 10.1. The number of aryl methyl sites for hydroxylation is 1. The maximum Gasteiger partial charge on any atom is 0.317 e. The fourth-order valence-electron chi connectivity index (χ4n) is 4.40. The molecule has 1 aliphatic heterocycles. The van der Waals surface area contributed by atoms with Crippen molar-refractivity contribution < 1.29 is 4.79 Å². The Balaban J connectivity index is 1.32. The Morgan fingerprint density at radius 2 is 2.08 bits per heavy atom. The van der Waals surface area contributed by atoms with Gasteiger partial charge < -0.3 is 14.8 Å². The summed E-state index contributed by atoms with van der Waals surface area (Å²) < 4.78 is 2.01. The number of urea groups is 1. The van der Waals surface area contributed by atoms with Gasteiger partial charge in [0.2, 0.25) is 0 Å². The molecule has 1 aromatic carbocycles. The Hall–Kier alpha value is -2.30. The minimum absolute atomic E-state index is 0.0631. The summed E-state index contributed by atoms with van der Waals surface area (Å²) in [6, 6.07) is 9.13. The lowest BCUT2D eigenvalue weighted by Crippen LogP contribution is -2.48. The Morgan fingerprint density at radius 3 is 2.84 bits per heavy atom. The third-order valence-electron chi connectivity index (χ3n) is 6.05. The van der Waals surface area contributed by atoms with Gasteiger partial charge in [-0.25, -0.2) is 9.78 Å². The summed E-state index contributed by atoms with van der Waals surface area (Å²) >= 11 is 0. The van der Waals surface area contributed by atoms with E-state index in [-0.39, 0.29) is 12.1 Å². The van der Waals surface area contributed by atoms with Crippen molar-refractivity contribution in [3.63, 3.8) is 0 Å². The SMILES string of the molecule is C[C@H](CNC(=O)N1CCC2(CCc3ccccc32)CC1)n1ccnc1. The number of carbonyl (C=O) groups is 1. The van der Waals surface area contributed by atoms with E-state index in [0.29, 0.717) is 12.0 Å². The molecule has 2 aliphatic rings. The number of hydrogen-bond donors (Lipinski definition) is 1. The Labute approximate surface area is 149 Å². The number of rotatable bonds is 3. The molecule has 4 rings (SSSR count). The van der Waals surface area contributed by atoms with Crippen molar-refractivity contribution in [3.8, 4) is 0 Å². The van der Waals surface area contributed by atoms with Crippen LogP contribution in [0.5, 0.6) is 0 Å². The largest absolute Gasteiger partial charge is 0.336 e. The van der Waals surface area contributed by atoms with Crippen LogP contribution >= 0.6 is 0 Å². The maximum atomic E-state index is 12.5. The smallest absolute Gasteiger partial charge is 0.317 e. The van der Waals surface area contributed by atoms with Crippen molar-refractivity contribution in [2.24, 2.45) is 0 Å². The van der Waals surface area contributed by atoms with E-state index in [1.807, 2.05) is 15.7 Å². The predicted octanol–water partition coefficient (Wildman–Crippen LogP) is 3.13. The van der Waals surface area contributed by atoms with Gasteiger partial charge in [0.05, 0.1) is 6.33 Å². The molecular weight excluding hydrogens is 312 g/mol. The molecule has 2 heterocycles. The van der Waals surface area contributed by atoms with Crippen molar-refractivity contribution in [2.45, 2.75) is 44.1 Å². The molecule has 1 aliphatic carbocycles. The Bertz CT molecular complexity index is 732. The van der Waals surface area contributed by atoms with Crippen molar-refractivity contribution in [1.29, 1.82) is 0 Å². The second-order valence-corrected chi connectivity index (χ2v) is 7.47. The van der Waals surface area contributed by atoms with Crippen molar-refractivity contribution in [1.82, 2.24) is 19.8 Å². The van der Waals surface area contributed by atoms with Crippen LogP contribution in [0.2, 0.25) is 0 Å². The van der Waals surface area contributed by atoms with Crippen LogP contribution in [0.15, 0.2) is 43.0 Å². The average Bonchev–Trinajstić information content (AvgIpc) is 3.30. The average molecular weight is 338 g/mol. The highest BCUT2D eigenvalue weighted by Gasteiger charge is 2.41. The number of hydrogen-bond acceptors (Lipinski definition) is 2. The van der Waals surface area contributed by atoms with Gasteiger partial charge in [-0.1, -0.05) is 24.3 Å². The summed E-state index contributed by atoms with van der Waals surface area (Å²) in [5.74, 6) is 0. The lowest BCUT2D eigenvalue weighted by molar-refractivity contribution is 0.156. The molecule has 2 amide bonds. The molecule has 1 spiro atoms. The molecule has 1 saturated heterocycles. The van der Waals surface area contributed by atoms with E-state index < -0.39 is 0 Å². The van der Waals surface area contributed by atoms with Crippen LogP contribution in [0.3, 0.4) is 0 Å². The van der Waals surface area contributed by atoms with E-state index in [2.05, 4.69) is 41.5 Å². The minimum Gasteiger partial charge on any atom is -0.336 e. The van der Waals surface area contributed by atoms with Gasteiger partial charge in [-0.2, -0.15) is 0 Å². The Kier molecular flexibility index (Phi) is 4.24. The molecule has 5 heteroatoms. The van der Waals surface area contributed by atoms with Gasteiger partial charge in [-0.3, -0.25) is 0 Å². The van der Waals surface area contributed by atoms with Gasteiger partial charge >= 0.3 is 6.03 Å². The monoisotopic (exact) mass is 338 g/mol. The highest BCUT2D eigenvalue weighted by Crippen LogP contribution is 2.46. The maximum absolute atomic E-state index is 12.5. The Morgan fingerprint density at radius 1 is 1.28 bits per heavy atom. The van der Waals surface area contributed by atoms with Crippen molar-refractivity contribution >= 4 is 6.03 Å². The van der Waals surface area contributed by atoms with Crippen LogP contribution in [0.25, 0.3) is 0 Å². The summed E-state index contributed by atoms with van der Waals surface area (Å²) in [6.45, 7) is 4.40. The first-order valence-corrected chi connectivity index (χ1v) is 9.27. The molecule has 1 N–H and O–H groups in total. The van der Waals surface area contributed by atoms with E-state index in [1.54, 1.807) is 12.5 Å². The van der Waals surface area contributed by atoms with Gasteiger partial charge in [0.15, 0.2) is 0 Å². The van der Waals surface area contributed by atoms with Crippen molar-refractivity contribution in [3.05, 3.63) is 54.1 Å². The van der Waals surface area contributed by atoms with Crippen molar-refractivity contribution in [2.75, 3.05) is 19.6 Å². The number of piperidine rings is 1. The molecule has 1 aromatic heterocycles. The molecule has 1 fully saturated rings. The van der Waals surface area contributed by atoms with Crippen LogP contribution in [0.4, 0.5) is 4.79 Å². The molecule has 0 bridgehead atoms. The number of nitrogens with one attached hydrogen (secondary N) is 1. The first kappa shape index (κ1) is 16.2. The number of benzene rings is 1. The fourth-order valence-corrected chi connectivity index (χ4v) is 4.40. The quantitative estimate of drug-likeness (QED) is 0.935. The van der Waals surface area contributed by atoms with E-state index in [9.17, 15) is 4.79 Å². The summed E-state index contributed by atoms with van der Waals surface area (Å²) in [4.78, 5) is 18.5. The van der Waals surface area contributed by atoms with E-state index in [1.165, 1.54) is 24.0 Å². The van der Waals surface area contributed by atoms with E-state index in [0.717, 1.165) is 25.9 Å². The first-order valence-electron chi connectivity index (χ1n) is 9.27. The van der Waals surface area contributed by atoms with Gasteiger partial charge in [0.1, 0.15) is 0 Å². The number of nitrogens with zero attached hydrogens (tertiary/aromatic N) is 3. The first-order chi connectivity index (χ1) is 12.2. The number of carbonyl (C=O) groups excluding carboxylic acids is 1. The number of likely N-dealkylation sites (tertiary alicyclic amines) is 1. The number of aromatic nitrogens is 2. The lowest BCUT2D eigenvalue weighted by atomic mass is 9.74. The number of imidazole rings is 1. The fraction of sp³-hybridized carbons (Fsp3) is 0.500. The van der Waals surface area contributed by atoms with Gasteiger partial charge in [-0.15, -0.1) is 0 Å². The van der Waals surface area contributed by atoms with Gasteiger partial charge in [-0.05, 0) is 49.1 Å². The topological polar surface area (TPSA) is 50.2 Å². The molecule has 0 unspecified atom stereocenters. The van der Waals surface area contributed by atoms with Crippen LogP contribution in [-0.4, -0.2) is 40.1 Å². The predicted molar refractivity (Wildman–Crippen MR) is 97.6 cm³/mol. The lowest BCUT2D eigenvalue weighted by Gasteiger charge is -2.40. The number of fused-ring (bicyclic) bond motifs is 2. The molecule has 25 heavy (non-hydrogen) atoms. The van der Waals surface area contributed by atoms with E-state index in [4.69, 9.17) is 0 Å². The molecule has 5 nitrogen and oxygen atoms in total. The molecule has 1 atom stereocenters.